The first kappa shape index (κ1) is 19.3. The summed E-state index contributed by atoms with van der Waals surface area (Å²) < 4.78 is 5.36. The minimum absolute atomic E-state index is 0.204. The minimum Gasteiger partial charge on any atom is -0.379 e. The molecular formula is C19H25NO5. The van der Waals surface area contributed by atoms with E-state index in [1.807, 2.05) is 44.2 Å². The van der Waals surface area contributed by atoms with Crippen molar-refractivity contribution in [2.75, 3.05) is 20.3 Å². The summed E-state index contributed by atoms with van der Waals surface area (Å²) in [5.74, 6) is -0.526. The Morgan fingerprint density at radius 1 is 1.16 bits per heavy atom. The van der Waals surface area contributed by atoms with Crippen LogP contribution in [0, 0.1) is 0 Å². The Balaban J connectivity index is 1.79. The molecule has 0 N–H and O–H groups in total. The van der Waals surface area contributed by atoms with Gasteiger partial charge < -0.3 is 4.74 Å². The van der Waals surface area contributed by atoms with Gasteiger partial charge in [-0.05, 0) is 32.8 Å². The summed E-state index contributed by atoms with van der Waals surface area (Å²) in [6.07, 6.45) is 1.55. The maximum atomic E-state index is 11.9. The summed E-state index contributed by atoms with van der Waals surface area (Å²) in [6, 6.07) is 9.77. The average Bonchev–Trinajstić information content (AvgIpc) is 2.84. The Morgan fingerprint density at radius 3 is 2.40 bits per heavy atom. The molecule has 1 aliphatic heterocycles. The van der Waals surface area contributed by atoms with Crippen molar-refractivity contribution in [1.29, 1.82) is 0 Å². The molecule has 0 bridgehead atoms. The maximum absolute atomic E-state index is 11.9. The summed E-state index contributed by atoms with van der Waals surface area (Å²) in [5.41, 5.74) is 0.864. The van der Waals surface area contributed by atoms with Crippen LogP contribution in [0.5, 0.6) is 0 Å². The summed E-state index contributed by atoms with van der Waals surface area (Å²) >= 11 is 0. The molecule has 1 unspecified atom stereocenters. The highest BCUT2D eigenvalue weighted by Crippen LogP contribution is 2.24. The van der Waals surface area contributed by atoms with Gasteiger partial charge in [0.05, 0.1) is 6.10 Å². The fourth-order valence-corrected chi connectivity index (χ4v) is 2.54. The number of ether oxygens (including phenoxy) is 1. The number of rotatable bonds is 9. The van der Waals surface area contributed by atoms with E-state index in [4.69, 9.17) is 14.5 Å². The lowest BCUT2D eigenvalue weighted by Crippen LogP contribution is -2.35. The summed E-state index contributed by atoms with van der Waals surface area (Å²) in [4.78, 5) is 35.7. The Morgan fingerprint density at radius 2 is 1.84 bits per heavy atom. The first-order chi connectivity index (χ1) is 11.8. The molecule has 0 aliphatic carbocycles. The van der Waals surface area contributed by atoms with Gasteiger partial charge in [0.2, 0.25) is 0 Å². The number of nitrogens with zero attached hydrogens (tertiary/aromatic N) is 1. The van der Waals surface area contributed by atoms with E-state index in [9.17, 15) is 9.59 Å². The number of hydrogen-bond donors (Lipinski definition) is 0. The first-order valence-corrected chi connectivity index (χ1v) is 8.28. The Kier molecular flexibility index (Phi) is 6.47. The molecule has 2 rings (SSSR count). The molecular weight excluding hydrogens is 322 g/mol. The third-order valence-corrected chi connectivity index (χ3v) is 4.19. The fraction of sp³-hybridized carbons (Fsp3) is 0.474. The lowest BCUT2D eigenvalue weighted by Gasteiger charge is -2.25. The molecule has 136 valence electrons. The van der Waals surface area contributed by atoms with Gasteiger partial charge in [-0.25, -0.2) is 9.78 Å². The standard InChI is InChI=1S/C19H25NO5/c1-14-12-17(21)20(18(14)22)11-10-16(23-4)13-24-25-19(2,3)15-8-6-5-7-9-15/h5-9,12,16H,10-11,13H2,1-4H3. The van der Waals surface area contributed by atoms with Crippen molar-refractivity contribution in [3.05, 3.63) is 47.5 Å². The second-order valence-corrected chi connectivity index (χ2v) is 6.51. The number of imide groups is 1. The smallest absolute Gasteiger partial charge is 0.256 e. The number of hydrogen-bond acceptors (Lipinski definition) is 5. The van der Waals surface area contributed by atoms with Crippen LogP contribution in [0.1, 0.15) is 32.8 Å². The molecule has 0 spiro atoms. The predicted octanol–water partition coefficient (Wildman–Crippen LogP) is 2.59. The van der Waals surface area contributed by atoms with E-state index in [0.717, 1.165) is 5.56 Å². The zero-order chi connectivity index (χ0) is 18.4. The first-order valence-electron chi connectivity index (χ1n) is 8.28. The van der Waals surface area contributed by atoms with Crippen LogP contribution in [-0.2, 0) is 29.7 Å². The molecule has 2 amide bonds. The summed E-state index contributed by atoms with van der Waals surface area (Å²) in [6.45, 7) is 5.96. The normalized spacial score (nSPS) is 16.3. The minimum atomic E-state index is -0.596. The van der Waals surface area contributed by atoms with Crippen LogP contribution >= 0.6 is 0 Å². The molecule has 1 atom stereocenters. The summed E-state index contributed by atoms with van der Waals surface area (Å²) in [5, 5.41) is 0. The van der Waals surface area contributed by atoms with Crippen molar-refractivity contribution in [3.8, 4) is 0 Å². The van der Waals surface area contributed by atoms with Crippen LogP contribution in [0.25, 0.3) is 0 Å². The van der Waals surface area contributed by atoms with E-state index in [-0.39, 0.29) is 31.1 Å². The molecule has 1 aromatic rings. The zero-order valence-electron chi connectivity index (χ0n) is 15.2. The van der Waals surface area contributed by atoms with Crippen molar-refractivity contribution < 1.29 is 24.1 Å². The van der Waals surface area contributed by atoms with E-state index >= 15 is 0 Å². The highest BCUT2D eigenvalue weighted by molar-refractivity contribution is 6.15. The van der Waals surface area contributed by atoms with Crippen molar-refractivity contribution in [1.82, 2.24) is 4.90 Å². The van der Waals surface area contributed by atoms with Crippen LogP contribution in [0.2, 0.25) is 0 Å². The Labute approximate surface area is 148 Å². The van der Waals surface area contributed by atoms with E-state index < -0.39 is 5.60 Å². The van der Waals surface area contributed by atoms with E-state index in [1.54, 1.807) is 14.0 Å². The lowest BCUT2D eigenvalue weighted by atomic mass is 9.99. The van der Waals surface area contributed by atoms with Crippen molar-refractivity contribution in [2.24, 2.45) is 0 Å². The lowest BCUT2D eigenvalue weighted by molar-refractivity contribution is -0.366. The average molecular weight is 347 g/mol. The third kappa shape index (κ3) is 4.98. The second kappa shape index (κ2) is 8.38. The predicted molar refractivity (Wildman–Crippen MR) is 92.4 cm³/mol. The number of carbonyl (C=O) groups is 2. The highest BCUT2D eigenvalue weighted by atomic mass is 17.2. The van der Waals surface area contributed by atoms with Crippen LogP contribution in [0.4, 0.5) is 0 Å². The van der Waals surface area contributed by atoms with E-state index in [0.29, 0.717) is 12.0 Å². The Hall–Kier alpha value is -2.02. The van der Waals surface area contributed by atoms with Crippen LogP contribution in [0.15, 0.2) is 42.0 Å². The van der Waals surface area contributed by atoms with Gasteiger partial charge in [0.25, 0.3) is 11.8 Å². The maximum Gasteiger partial charge on any atom is 0.256 e. The topological polar surface area (TPSA) is 65.1 Å². The van der Waals surface area contributed by atoms with E-state index in [2.05, 4.69) is 0 Å². The molecule has 25 heavy (non-hydrogen) atoms. The van der Waals surface area contributed by atoms with Gasteiger partial charge in [0.1, 0.15) is 12.2 Å². The van der Waals surface area contributed by atoms with Gasteiger partial charge in [-0.1, -0.05) is 30.3 Å². The molecule has 0 saturated heterocycles. The van der Waals surface area contributed by atoms with E-state index in [1.165, 1.54) is 11.0 Å². The van der Waals surface area contributed by atoms with Crippen LogP contribution < -0.4 is 0 Å². The Bertz CT molecular complexity index is 638. The molecule has 1 aromatic carbocycles. The fourth-order valence-electron chi connectivity index (χ4n) is 2.54. The van der Waals surface area contributed by atoms with Gasteiger partial charge in [0, 0.05) is 25.3 Å². The molecule has 1 aliphatic rings. The molecule has 0 radical (unpaired) electrons. The molecule has 6 nitrogen and oxygen atoms in total. The van der Waals surface area contributed by atoms with Gasteiger partial charge in [-0.2, -0.15) is 0 Å². The van der Waals surface area contributed by atoms with Crippen molar-refractivity contribution in [2.45, 2.75) is 38.9 Å². The van der Waals surface area contributed by atoms with Crippen molar-refractivity contribution >= 4 is 11.8 Å². The molecule has 1 heterocycles. The van der Waals surface area contributed by atoms with Gasteiger partial charge in [0.15, 0.2) is 0 Å². The molecule has 6 heteroatoms. The molecule has 0 fully saturated rings. The molecule has 0 saturated carbocycles. The summed E-state index contributed by atoms with van der Waals surface area (Å²) in [7, 11) is 1.56. The monoisotopic (exact) mass is 347 g/mol. The third-order valence-electron chi connectivity index (χ3n) is 4.19. The zero-order valence-corrected chi connectivity index (χ0v) is 15.2. The quantitative estimate of drug-likeness (QED) is 0.390. The second-order valence-electron chi connectivity index (χ2n) is 6.51. The number of methoxy groups -OCH3 is 1. The number of benzene rings is 1. The highest BCUT2D eigenvalue weighted by Gasteiger charge is 2.29. The number of amides is 2. The van der Waals surface area contributed by atoms with Crippen LogP contribution in [0.3, 0.4) is 0 Å². The van der Waals surface area contributed by atoms with Gasteiger partial charge in [-0.3, -0.25) is 14.5 Å². The van der Waals surface area contributed by atoms with Crippen LogP contribution in [-0.4, -0.2) is 43.1 Å². The van der Waals surface area contributed by atoms with Crippen molar-refractivity contribution in [3.63, 3.8) is 0 Å². The van der Waals surface area contributed by atoms with Gasteiger partial charge in [-0.15, -0.1) is 0 Å². The molecule has 0 aromatic heterocycles. The van der Waals surface area contributed by atoms with Gasteiger partial charge >= 0.3 is 0 Å². The number of carbonyl (C=O) groups excluding carboxylic acids is 2. The largest absolute Gasteiger partial charge is 0.379 e. The SMILES string of the molecule is COC(CCN1C(=O)C=C(C)C1=O)COOC(C)(C)c1ccccc1.